The van der Waals surface area contributed by atoms with Crippen molar-refractivity contribution in [2.24, 2.45) is 0 Å². The molecule has 0 saturated carbocycles. The van der Waals surface area contributed by atoms with Crippen molar-refractivity contribution < 1.29 is 21.6 Å². The summed E-state index contributed by atoms with van der Waals surface area (Å²) in [5.74, 6) is 0.336. The minimum absolute atomic E-state index is 0.105. The average molecular weight is 477 g/mol. The minimum Gasteiger partial charge on any atom is -0.492 e. The Morgan fingerprint density at radius 1 is 1.04 bits per heavy atom. The van der Waals surface area contributed by atoms with Crippen molar-refractivity contribution in [2.45, 2.75) is 10.6 Å². The highest BCUT2D eigenvalue weighted by Gasteiger charge is 2.16. The lowest BCUT2D eigenvalue weighted by Gasteiger charge is -2.12. The standard InChI is InChI=1S/C17H21BrN2O5S2/c1-20(2)27(23,24)17-8-6-16(7-9-17)25-11-10-19-26(21,22)13-14-4-3-5-15(18)12-14/h3-9,12,19H,10-11,13H2,1-2H3. The summed E-state index contributed by atoms with van der Waals surface area (Å²) >= 11 is 3.31. The first kappa shape index (κ1) is 21.8. The summed E-state index contributed by atoms with van der Waals surface area (Å²) in [4.78, 5) is 0.162. The summed E-state index contributed by atoms with van der Waals surface area (Å²) in [5, 5.41) is 0. The lowest BCUT2D eigenvalue weighted by molar-refractivity contribution is 0.322. The second-order valence-electron chi connectivity index (χ2n) is 5.89. The van der Waals surface area contributed by atoms with Crippen LogP contribution in [0.3, 0.4) is 0 Å². The molecule has 0 bridgehead atoms. The maximum atomic E-state index is 12.1. The molecule has 0 aliphatic heterocycles. The third-order valence-electron chi connectivity index (χ3n) is 3.54. The summed E-state index contributed by atoms with van der Waals surface area (Å²) in [6.45, 7) is 0.228. The third kappa shape index (κ3) is 6.58. The van der Waals surface area contributed by atoms with Crippen LogP contribution in [-0.2, 0) is 25.8 Å². The molecule has 0 atom stereocenters. The predicted molar refractivity (Wildman–Crippen MR) is 108 cm³/mol. The first-order valence-electron chi connectivity index (χ1n) is 7.97. The smallest absolute Gasteiger partial charge is 0.242 e. The van der Waals surface area contributed by atoms with Crippen LogP contribution in [0.4, 0.5) is 0 Å². The minimum atomic E-state index is -3.49. The molecule has 0 aliphatic rings. The average Bonchev–Trinajstić information content (AvgIpc) is 2.58. The lowest BCUT2D eigenvalue weighted by Crippen LogP contribution is -2.29. The first-order chi connectivity index (χ1) is 12.6. The van der Waals surface area contributed by atoms with Crippen LogP contribution in [0, 0.1) is 0 Å². The van der Waals surface area contributed by atoms with Gasteiger partial charge in [0, 0.05) is 25.1 Å². The highest BCUT2D eigenvalue weighted by Crippen LogP contribution is 2.18. The molecule has 0 aliphatic carbocycles. The fourth-order valence-electron chi connectivity index (χ4n) is 2.18. The quantitative estimate of drug-likeness (QED) is 0.559. The van der Waals surface area contributed by atoms with E-state index in [-0.39, 0.29) is 23.8 Å². The van der Waals surface area contributed by atoms with Gasteiger partial charge in [-0.15, -0.1) is 0 Å². The number of benzene rings is 2. The van der Waals surface area contributed by atoms with Gasteiger partial charge in [0.15, 0.2) is 0 Å². The Balaban J connectivity index is 1.84. The maximum Gasteiger partial charge on any atom is 0.242 e. The van der Waals surface area contributed by atoms with Crippen LogP contribution in [0.2, 0.25) is 0 Å². The van der Waals surface area contributed by atoms with Crippen molar-refractivity contribution in [3.05, 3.63) is 58.6 Å². The normalized spacial score (nSPS) is 12.3. The second-order valence-corrected chi connectivity index (χ2v) is 10.8. The number of sulfonamides is 2. The van der Waals surface area contributed by atoms with E-state index in [4.69, 9.17) is 4.74 Å². The SMILES string of the molecule is CN(C)S(=O)(=O)c1ccc(OCCNS(=O)(=O)Cc2cccc(Br)c2)cc1. The van der Waals surface area contributed by atoms with Gasteiger partial charge < -0.3 is 4.74 Å². The van der Waals surface area contributed by atoms with E-state index in [1.807, 2.05) is 6.07 Å². The molecule has 0 radical (unpaired) electrons. The third-order valence-corrected chi connectivity index (χ3v) is 7.22. The molecule has 0 aromatic heterocycles. The molecule has 0 spiro atoms. The monoisotopic (exact) mass is 476 g/mol. The van der Waals surface area contributed by atoms with Gasteiger partial charge in [0.25, 0.3) is 0 Å². The zero-order valence-electron chi connectivity index (χ0n) is 14.9. The van der Waals surface area contributed by atoms with Gasteiger partial charge in [0.2, 0.25) is 20.0 Å². The van der Waals surface area contributed by atoms with E-state index in [9.17, 15) is 16.8 Å². The van der Waals surface area contributed by atoms with E-state index in [1.54, 1.807) is 18.2 Å². The van der Waals surface area contributed by atoms with Crippen molar-refractivity contribution in [3.8, 4) is 5.75 Å². The van der Waals surface area contributed by atoms with Crippen LogP contribution in [0.25, 0.3) is 0 Å². The summed E-state index contributed by atoms with van der Waals surface area (Å²) in [5.41, 5.74) is 0.676. The summed E-state index contributed by atoms with van der Waals surface area (Å²) in [6, 6.07) is 13.1. The van der Waals surface area contributed by atoms with E-state index >= 15 is 0 Å². The topological polar surface area (TPSA) is 92.8 Å². The Bertz CT molecular complexity index is 975. The summed E-state index contributed by atoms with van der Waals surface area (Å²) in [7, 11) is -4.05. The molecule has 2 aromatic carbocycles. The van der Waals surface area contributed by atoms with E-state index in [2.05, 4.69) is 20.7 Å². The van der Waals surface area contributed by atoms with Gasteiger partial charge in [-0.05, 0) is 42.0 Å². The van der Waals surface area contributed by atoms with Crippen LogP contribution in [0.5, 0.6) is 5.75 Å². The molecule has 0 saturated heterocycles. The Labute approximate surface area is 168 Å². The molecular weight excluding hydrogens is 456 g/mol. The second kappa shape index (κ2) is 9.16. The first-order valence-corrected chi connectivity index (χ1v) is 11.9. The summed E-state index contributed by atoms with van der Waals surface area (Å²) < 4.78 is 58.0. The highest BCUT2D eigenvalue weighted by atomic mass is 79.9. The number of hydrogen-bond donors (Lipinski definition) is 1. The van der Waals surface area contributed by atoms with Gasteiger partial charge >= 0.3 is 0 Å². The molecule has 7 nitrogen and oxygen atoms in total. The number of nitrogens with one attached hydrogen (secondary N) is 1. The van der Waals surface area contributed by atoms with Crippen molar-refractivity contribution in [3.63, 3.8) is 0 Å². The molecule has 1 N–H and O–H groups in total. The molecule has 0 fully saturated rings. The van der Waals surface area contributed by atoms with E-state index in [0.29, 0.717) is 11.3 Å². The van der Waals surface area contributed by atoms with Crippen LogP contribution in [0.1, 0.15) is 5.56 Å². The molecule has 10 heteroatoms. The zero-order chi connectivity index (χ0) is 20.1. The van der Waals surface area contributed by atoms with E-state index in [1.165, 1.54) is 38.4 Å². The molecule has 0 amide bonds. The molecule has 0 heterocycles. The van der Waals surface area contributed by atoms with Crippen LogP contribution in [0.15, 0.2) is 57.9 Å². The number of ether oxygens (including phenoxy) is 1. The molecule has 148 valence electrons. The maximum absolute atomic E-state index is 12.1. The molecular formula is C17H21BrN2O5S2. The van der Waals surface area contributed by atoms with Crippen molar-refractivity contribution >= 4 is 36.0 Å². The number of rotatable bonds is 9. The van der Waals surface area contributed by atoms with Gasteiger partial charge in [-0.1, -0.05) is 28.1 Å². The lowest BCUT2D eigenvalue weighted by atomic mass is 10.2. The largest absolute Gasteiger partial charge is 0.492 e. The zero-order valence-corrected chi connectivity index (χ0v) is 18.1. The van der Waals surface area contributed by atoms with E-state index in [0.717, 1.165) is 8.78 Å². The Morgan fingerprint density at radius 3 is 2.30 bits per heavy atom. The molecule has 2 rings (SSSR count). The fourth-order valence-corrected chi connectivity index (χ4v) is 4.65. The van der Waals surface area contributed by atoms with Gasteiger partial charge in [-0.25, -0.2) is 25.9 Å². The Morgan fingerprint density at radius 2 is 1.70 bits per heavy atom. The van der Waals surface area contributed by atoms with Crippen LogP contribution >= 0.6 is 15.9 Å². The molecule has 2 aromatic rings. The Hall–Kier alpha value is -1.46. The Kier molecular flexibility index (Phi) is 7.40. The number of halogens is 1. The van der Waals surface area contributed by atoms with Gasteiger partial charge in [-0.2, -0.15) is 0 Å². The summed E-state index contributed by atoms with van der Waals surface area (Å²) in [6.07, 6.45) is 0. The highest BCUT2D eigenvalue weighted by molar-refractivity contribution is 9.10. The van der Waals surface area contributed by atoms with Crippen LogP contribution in [-0.4, -0.2) is 48.4 Å². The molecule has 27 heavy (non-hydrogen) atoms. The molecule has 0 unspecified atom stereocenters. The van der Waals surface area contributed by atoms with Gasteiger partial charge in [-0.3, -0.25) is 0 Å². The number of hydrogen-bond acceptors (Lipinski definition) is 5. The predicted octanol–water partition coefficient (Wildman–Crippen LogP) is 2.20. The number of nitrogens with zero attached hydrogens (tertiary/aromatic N) is 1. The van der Waals surface area contributed by atoms with Crippen molar-refractivity contribution in [1.82, 2.24) is 9.03 Å². The van der Waals surface area contributed by atoms with Crippen molar-refractivity contribution in [1.29, 1.82) is 0 Å². The van der Waals surface area contributed by atoms with E-state index < -0.39 is 20.0 Å². The van der Waals surface area contributed by atoms with Crippen molar-refractivity contribution in [2.75, 3.05) is 27.2 Å². The van der Waals surface area contributed by atoms with Gasteiger partial charge in [0.05, 0.1) is 10.6 Å². The van der Waals surface area contributed by atoms with Gasteiger partial charge in [0.1, 0.15) is 12.4 Å². The van der Waals surface area contributed by atoms with Crippen LogP contribution < -0.4 is 9.46 Å². The fraction of sp³-hybridized carbons (Fsp3) is 0.294.